The molecule has 9 nitrogen and oxygen atoms in total. The van der Waals surface area contributed by atoms with Crippen molar-refractivity contribution in [3.63, 3.8) is 0 Å². The van der Waals surface area contributed by atoms with Crippen LogP contribution < -0.4 is 21.3 Å². The summed E-state index contributed by atoms with van der Waals surface area (Å²) in [5.41, 5.74) is 0.752. The monoisotopic (exact) mass is 528 g/mol. The van der Waals surface area contributed by atoms with Crippen molar-refractivity contribution in [1.29, 1.82) is 0 Å². The van der Waals surface area contributed by atoms with Gasteiger partial charge >= 0.3 is 0 Å². The molecule has 38 heavy (non-hydrogen) atoms. The minimum absolute atomic E-state index is 0.00655. The highest BCUT2D eigenvalue weighted by Crippen LogP contribution is 2.25. The van der Waals surface area contributed by atoms with Gasteiger partial charge in [-0.25, -0.2) is 0 Å². The van der Waals surface area contributed by atoms with Crippen molar-refractivity contribution in [3.8, 4) is 0 Å². The fourth-order valence-electron chi connectivity index (χ4n) is 4.27. The van der Waals surface area contributed by atoms with E-state index < -0.39 is 29.7 Å². The molecular formula is C29H44N4O5. The van der Waals surface area contributed by atoms with Crippen LogP contribution in [0.15, 0.2) is 30.3 Å². The Bertz CT molecular complexity index is 969. The number of amides is 4. The van der Waals surface area contributed by atoms with Gasteiger partial charge in [-0.05, 0) is 55.9 Å². The topological polar surface area (TPSA) is 133 Å². The second-order valence-electron chi connectivity index (χ2n) is 11.3. The second-order valence-corrected chi connectivity index (χ2v) is 11.3. The van der Waals surface area contributed by atoms with Crippen LogP contribution in [0.5, 0.6) is 0 Å². The molecule has 2 rings (SSSR count). The van der Waals surface area contributed by atoms with Crippen LogP contribution in [0.2, 0.25) is 0 Å². The largest absolute Gasteiger partial charge is 0.356 e. The predicted octanol–water partition coefficient (Wildman–Crippen LogP) is 2.74. The maximum Gasteiger partial charge on any atom is 0.289 e. The number of hydrogen-bond donors (Lipinski definition) is 4. The number of carbonyl (C=O) groups is 5. The first-order chi connectivity index (χ1) is 17.9. The smallest absolute Gasteiger partial charge is 0.289 e. The molecule has 1 aliphatic carbocycles. The summed E-state index contributed by atoms with van der Waals surface area (Å²) in [4.78, 5) is 63.9. The van der Waals surface area contributed by atoms with E-state index in [0.717, 1.165) is 24.8 Å². The standard InChI is InChI=1S/C29H44N4O5/c1-6-19(20-11-9-8-10-12-20)17-25(35)32-23(18-29(3,4)5)27(37)33-22(15-16-24(34)30-7-2)26(36)28(38)31-21-13-14-21/h8-12,19,21-23H,6-7,13-18H2,1-5H3,(H,30,34)(H,31,38)(H,32,35)(H,33,37)/t19?,22?,23-/m0/s1. The number of hydrogen-bond acceptors (Lipinski definition) is 5. The molecule has 3 atom stereocenters. The van der Waals surface area contributed by atoms with Crippen LogP contribution in [0, 0.1) is 5.41 Å². The maximum atomic E-state index is 13.4. The summed E-state index contributed by atoms with van der Waals surface area (Å²) in [6, 6.07) is 7.67. The zero-order valence-electron chi connectivity index (χ0n) is 23.4. The highest BCUT2D eigenvalue weighted by molar-refractivity contribution is 6.38. The Kier molecular flexibility index (Phi) is 11.9. The molecule has 0 heterocycles. The zero-order valence-corrected chi connectivity index (χ0v) is 23.4. The van der Waals surface area contributed by atoms with Crippen LogP contribution in [0.3, 0.4) is 0 Å². The minimum atomic E-state index is -1.17. The molecule has 0 bridgehead atoms. The summed E-state index contributed by atoms with van der Waals surface area (Å²) in [7, 11) is 0. The molecule has 0 aliphatic heterocycles. The lowest BCUT2D eigenvalue weighted by molar-refractivity contribution is -0.141. The lowest BCUT2D eigenvalue weighted by atomic mass is 9.87. The van der Waals surface area contributed by atoms with E-state index >= 15 is 0 Å². The first-order valence-corrected chi connectivity index (χ1v) is 13.7. The molecular weight excluding hydrogens is 484 g/mol. The van der Waals surface area contributed by atoms with Gasteiger partial charge in [0.05, 0.1) is 6.04 Å². The normalized spacial score (nSPS) is 15.5. The molecule has 210 valence electrons. The number of rotatable bonds is 15. The first kappa shape index (κ1) is 31.0. The third-order valence-corrected chi connectivity index (χ3v) is 6.47. The van der Waals surface area contributed by atoms with E-state index in [-0.39, 0.29) is 48.5 Å². The van der Waals surface area contributed by atoms with E-state index in [9.17, 15) is 24.0 Å². The lowest BCUT2D eigenvalue weighted by Gasteiger charge is -2.28. The Morgan fingerprint density at radius 3 is 2.13 bits per heavy atom. The molecule has 1 aliphatic rings. The van der Waals surface area contributed by atoms with E-state index in [4.69, 9.17) is 0 Å². The quantitative estimate of drug-likeness (QED) is 0.260. The summed E-state index contributed by atoms with van der Waals surface area (Å²) < 4.78 is 0. The molecule has 1 aromatic rings. The third-order valence-electron chi connectivity index (χ3n) is 6.47. The molecule has 0 saturated heterocycles. The van der Waals surface area contributed by atoms with Gasteiger partial charge in [0, 0.05) is 25.4 Å². The SMILES string of the molecule is CCNC(=O)CCC(NC(=O)[C@H](CC(C)(C)C)NC(=O)CC(CC)c1ccccc1)C(=O)C(=O)NC1CC1. The Balaban J connectivity index is 2.14. The van der Waals surface area contributed by atoms with Gasteiger partial charge in [0.1, 0.15) is 6.04 Å². The predicted molar refractivity (Wildman–Crippen MR) is 146 cm³/mol. The number of ketones is 1. The molecule has 1 aromatic carbocycles. The summed E-state index contributed by atoms with van der Waals surface area (Å²) >= 11 is 0. The van der Waals surface area contributed by atoms with E-state index in [0.29, 0.717) is 13.0 Å². The maximum absolute atomic E-state index is 13.4. The average molecular weight is 529 g/mol. The molecule has 2 unspecified atom stereocenters. The van der Waals surface area contributed by atoms with Gasteiger partial charge in [-0.15, -0.1) is 0 Å². The number of nitrogens with one attached hydrogen (secondary N) is 4. The molecule has 9 heteroatoms. The van der Waals surface area contributed by atoms with Gasteiger partial charge in [-0.3, -0.25) is 24.0 Å². The molecule has 4 N–H and O–H groups in total. The van der Waals surface area contributed by atoms with Crippen molar-refractivity contribution in [2.75, 3.05) is 6.54 Å². The lowest BCUT2D eigenvalue weighted by Crippen LogP contribution is -2.55. The zero-order chi connectivity index (χ0) is 28.3. The highest BCUT2D eigenvalue weighted by Gasteiger charge is 2.34. The third kappa shape index (κ3) is 11.0. The molecule has 0 radical (unpaired) electrons. The van der Waals surface area contributed by atoms with Crippen molar-refractivity contribution in [1.82, 2.24) is 21.3 Å². The fourth-order valence-corrected chi connectivity index (χ4v) is 4.27. The fraction of sp³-hybridized carbons (Fsp3) is 0.621. The van der Waals surface area contributed by atoms with Crippen LogP contribution in [0.1, 0.15) is 91.0 Å². The molecule has 0 spiro atoms. The van der Waals surface area contributed by atoms with Gasteiger partial charge < -0.3 is 21.3 Å². The van der Waals surface area contributed by atoms with Crippen LogP contribution in [-0.4, -0.2) is 54.1 Å². The number of carbonyl (C=O) groups excluding carboxylic acids is 5. The van der Waals surface area contributed by atoms with E-state index in [1.165, 1.54) is 0 Å². The van der Waals surface area contributed by atoms with E-state index in [1.54, 1.807) is 6.92 Å². The van der Waals surface area contributed by atoms with Crippen molar-refractivity contribution in [2.45, 2.75) is 104 Å². The van der Waals surface area contributed by atoms with Crippen molar-refractivity contribution >= 4 is 29.4 Å². The number of Topliss-reactive ketones (excluding diaryl/α,β-unsaturated/α-hetero) is 1. The second kappa shape index (κ2) is 14.6. The van der Waals surface area contributed by atoms with Crippen molar-refractivity contribution in [3.05, 3.63) is 35.9 Å². The Morgan fingerprint density at radius 2 is 1.58 bits per heavy atom. The van der Waals surface area contributed by atoms with Gasteiger partial charge in [-0.2, -0.15) is 0 Å². The summed E-state index contributed by atoms with van der Waals surface area (Å²) in [5.74, 6) is -2.62. The van der Waals surface area contributed by atoms with E-state index in [1.807, 2.05) is 58.0 Å². The van der Waals surface area contributed by atoms with Crippen molar-refractivity contribution < 1.29 is 24.0 Å². The number of benzene rings is 1. The average Bonchev–Trinajstić information content (AvgIpc) is 3.68. The first-order valence-electron chi connectivity index (χ1n) is 13.7. The minimum Gasteiger partial charge on any atom is -0.356 e. The Hall–Kier alpha value is -3.23. The molecule has 4 amide bonds. The van der Waals surface area contributed by atoms with Gasteiger partial charge in [0.25, 0.3) is 5.91 Å². The van der Waals surface area contributed by atoms with Gasteiger partial charge in [0.15, 0.2) is 0 Å². The van der Waals surface area contributed by atoms with Crippen LogP contribution in [0.4, 0.5) is 0 Å². The Labute approximate surface area is 226 Å². The van der Waals surface area contributed by atoms with E-state index in [2.05, 4.69) is 21.3 Å². The van der Waals surface area contributed by atoms with Crippen LogP contribution in [0.25, 0.3) is 0 Å². The molecule has 1 saturated carbocycles. The summed E-state index contributed by atoms with van der Waals surface area (Å²) in [6.45, 7) is 10.1. The molecule has 0 aromatic heterocycles. The van der Waals surface area contributed by atoms with Gasteiger partial charge in [0.2, 0.25) is 23.5 Å². The Morgan fingerprint density at radius 1 is 0.921 bits per heavy atom. The highest BCUT2D eigenvalue weighted by atomic mass is 16.2. The summed E-state index contributed by atoms with van der Waals surface area (Å²) in [5, 5.41) is 10.9. The molecule has 1 fully saturated rings. The van der Waals surface area contributed by atoms with Crippen molar-refractivity contribution in [2.24, 2.45) is 5.41 Å². The van der Waals surface area contributed by atoms with Gasteiger partial charge in [-0.1, -0.05) is 58.0 Å². The van der Waals surface area contributed by atoms with Crippen LogP contribution in [-0.2, 0) is 24.0 Å². The van der Waals surface area contributed by atoms with Crippen LogP contribution >= 0.6 is 0 Å². The summed E-state index contributed by atoms with van der Waals surface area (Å²) in [6.07, 6.45) is 2.91.